The van der Waals surface area contributed by atoms with Crippen LogP contribution in [-0.4, -0.2) is 33.2 Å². The van der Waals surface area contributed by atoms with Gasteiger partial charge < -0.3 is 14.9 Å². The normalized spacial score (nSPS) is 10.2. The van der Waals surface area contributed by atoms with Crippen molar-refractivity contribution in [1.82, 2.24) is 9.97 Å². The Morgan fingerprint density at radius 1 is 1.48 bits per heavy atom. The second-order valence-corrected chi connectivity index (χ2v) is 5.41. The number of rotatable bonds is 6. The van der Waals surface area contributed by atoms with Crippen LogP contribution in [0.5, 0.6) is 5.75 Å². The average molecular weight is 336 g/mol. The third-order valence-electron chi connectivity index (χ3n) is 2.65. The zero-order valence-corrected chi connectivity index (χ0v) is 13.0. The Morgan fingerprint density at radius 2 is 2.22 bits per heavy atom. The van der Waals surface area contributed by atoms with Gasteiger partial charge in [0.2, 0.25) is 5.75 Å². The molecule has 0 bridgehead atoms. The first-order valence-electron chi connectivity index (χ1n) is 6.39. The Bertz CT molecular complexity index is 773. The maximum absolute atomic E-state index is 11.8. The van der Waals surface area contributed by atoms with Gasteiger partial charge in [0.25, 0.3) is 5.91 Å². The Hall–Kier alpha value is -2.88. The van der Waals surface area contributed by atoms with E-state index in [2.05, 4.69) is 15.3 Å². The molecule has 2 heterocycles. The first kappa shape index (κ1) is 16.5. The Morgan fingerprint density at radius 3 is 2.83 bits per heavy atom. The summed E-state index contributed by atoms with van der Waals surface area (Å²) in [4.78, 5) is 41.3. The van der Waals surface area contributed by atoms with Crippen LogP contribution in [0.15, 0.2) is 18.3 Å². The number of ether oxygens (including phenoxy) is 1. The standard InChI is InChI=1S/C13H12N4O5S/c1-7-11(8(2)18)23-13(15-7)16-10(19)6-22-9-4-3-5-14-12(9)17(20)21/h3-5H,6H2,1-2H3,(H,15,16,19). The van der Waals surface area contributed by atoms with Crippen LogP contribution in [0.25, 0.3) is 0 Å². The molecule has 1 N–H and O–H groups in total. The van der Waals surface area contributed by atoms with E-state index in [0.717, 1.165) is 11.3 Å². The zero-order valence-electron chi connectivity index (χ0n) is 12.2. The summed E-state index contributed by atoms with van der Waals surface area (Å²) in [5, 5.41) is 13.5. The Kier molecular flexibility index (Phi) is 4.96. The van der Waals surface area contributed by atoms with E-state index in [4.69, 9.17) is 4.74 Å². The van der Waals surface area contributed by atoms with Crippen LogP contribution >= 0.6 is 11.3 Å². The lowest BCUT2D eigenvalue weighted by molar-refractivity contribution is -0.390. The summed E-state index contributed by atoms with van der Waals surface area (Å²) in [7, 11) is 0. The number of carbonyl (C=O) groups is 2. The highest BCUT2D eigenvalue weighted by atomic mass is 32.1. The number of ketones is 1. The molecule has 0 fully saturated rings. The van der Waals surface area contributed by atoms with Crippen molar-refractivity contribution < 1.29 is 19.2 Å². The molecule has 0 unspecified atom stereocenters. The van der Waals surface area contributed by atoms with Crippen molar-refractivity contribution in [3.05, 3.63) is 39.0 Å². The predicted molar refractivity (Wildman–Crippen MR) is 81.9 cm³/mol. The van der Waals surface area contributed by atoms with Gasteiger partial charge in [-0.15, -0.1) is 0 Å². The highest BCUT2D eigenvalue weighted by molar-refractivity contribution is 7.17. The number of nitro groups is 1. The number of nitrogens with one attached hydrogen (secondary N) is 1. The minimum Gasteiger partial charge on any atom is -0.476 e. The molecule has 0 radical (unpaired) electrons. The fraction of sp³-hybridized carbons (Fsp3) is 0.231. The number of aromatic nitrogens is 2. The van der Waals surface area contributed by atoms with E-state index < -0.39 is 23.3 Å². The predicted octanol–water partition coefficient (Wildman–Crippen LogP) is 1.97. The van der Waals surface area contributed by atoms with E-state index in [0.29, 0.717) is 10.6 Å². The smallest absolute Gasteiger partial charge is 0.406 e. The fourth-order valence-corrected chi connectivity index (χ4v) is 2.59. The topological polar surface area (TPSA) is 124 Å². The van der Waals surface area contributed by atoms with E-state index in [1.807, 2.05) is 0 Å². The summed E-state index contributed by atoms with van der Waals surface area (Å²) in [6, 6.07) is 2.81. The van der Waals surface area contributed by atoms with Gasteiger partial charge in [0.1, 0.15) is 6.20 Å². The molecule has 0 saturated heterocycles. The number of thiazole rings is 1. The lowest BCUT2D eigenvalue weighted by Gasteiger charge is -2.05. The Labute approximate surface area is 134 Å². The molecular weight excluding hydrogens is 324 g/mol. The molecule has 0 aromatic carbocycles. The van der Waals surface area contributed by atoms with Gasteiger partial charge in [-0.05, 0) is 29.0 Å². The van der Waals surface area contributed by atoms with Crippen LogP contribution in [0.2, 0.25) is 0 Å². The number of nitrogens with zero attached hydrogens (tertiary/aromatic N) is 3. The number of aryl methyl sites for hydroxylation is 1. The molecule has 2 rings (SSSR count). The van der Waals surface area contributed by atoms with Crippen LogP contribution in [0.1, 0.15) is 22.3 Å². The zero-order chi connectivity index (χ0) is 17.0. The molecular formula is C13H12N4O5S. The highest BCUT2D eigenvalue weighted by Crippen LogP contribution is 2.24. The average Bonchev–Trinajstić information content (AvgIpc) is 2.86. The van der Waals surface area contributed by atoms with Crippen molar-refractivity contribution >= 4 is 34.0 Å². The number of carbonyl (C=O) groups excluding carboxylic acids is 2. The van der Waals surface area contributed by atoms with Gasteiger partial charge in [-0.2, -0.15) is 0 Å². The van der Waals surface area contributed by atoms with Gasteiger partial charge in [0, 0.05) is 6.92 Å². The maximum atomic E-state index is 11.8. The first-order chi connectivity index (χ1) is 10.9. The van der Waals surface area contributed by atoms with Gasteiger partial charge in [0.15, 0.2) is 17.5 Å². The van der Waals surface area contributed by atoms with Gasteiger partial charge >= 0.3 is 5.82 Å². The number of hydrogen-bond acceptors (Lipinski definition) is 8. The fourth-order valence-electron chi connectivity index (χ4n) is 1.71. The van der Waals surface area contributed by atoms with Crippen molar-refractivity contribution in [3.63, 3.8) is 0 Å². The molecule has 0 spiro atoms. The van der Waals surface area contributed by atoms with E-state index in [9.17, 15) is 19.7 Å². The second-order valence-electron chi connectivity index (χ2n) is 4.41. The summed E-state index contributed by atoms with van der Waals surface area (Å²) >= 11 is 1.06. The molecule has 2 aromatic rings. The van der Waals surface area contributed by atoms with Crippen LogP contribution in [0.4, 0.5) is 10.9 Å². The van der Waals surface area contributed by atoms with Crippen LogP contribution < -0.4 is 10.1 Å². The molecule has 0 atom stereocenters. The van der Waals surface area contributed by atoms with Crippen molar-refractivity contribution in [2.45, 2.75) is 13.8 Å². The molecule has 2 aromatic heterocycles. The van der Waals surface area contributed by atoms with Gasteiger partial charge in [0.05, 0.1) is 10.6 Å². The molecule has 0 aliphatic carbocycles. The first-order valence-corrected chi connectivity index (χ1v) is 7.20. The van der Waals surface area contributed by atoms with Gasteiger partial charge in [-0.1, -0.05) is 11.3 Å². The minimum atomic E-state index is -0.698. The molecule has 0 saturated carbocycles. The van der Waals surface area contributed by atoms with Crippen LogP contribution in [-0.2, 0) is 4.79 Å². The monoisotopic (exact) mass is 336 g/mol. The molecule has 0 aliphatic rings. The third-order valence-corrected chi connectivity index (χ3v) is 3.82. The third kappa shape index (κ3) is 4.07. The summed E-state index contributed by atoms with van der Waals surface area (Å²) in [5.74, 6) is -1.26. The van der Waals surface area contributed by atoms with Crippen LogP contribution in [0.3, 0.4) is 0 Å². The number of amides is 1. The summed E-state index contributed by atoms with van der Waals surface area (Å²) < 4.78 is 5.11. The van der Waals surface area contributed by atoms with Crippen molar-refractivity contribution in [2.75, 3.05) is 11.9 Å². The van der Waals surface area contributed by atoms with E-state index >= 15 is 0 Å². The SMILES string of the molecule is CC(=O)c1sc(NC(=O)COc2cccnc2[N+](=O)[O-])nc1C. The highest BCUT2D eigenvalue weighted by Gasteiger charge is 2.18. The number of pyridine rings is 1. The molecule has 120 valence electrons. The quantitative estimate of drug-likeness (QED) is 0.485. The lowest BCUT2D eigenvalue weighted by Crippen LogP contribution is -2.20. The molecule has 9 nitrogen and oxygen atoms in total. The number of Topliss-reactive ketones (excluding diaryl/α,β-unsaturated/α-hetero) is 1. The number of hydrogen-bond donors (Lipinski definition) is 1. The summed E-state index contributed by atoms with van der Waals surface area (Å²) in [6.07, 6.45) is 1.26. The van der Waals surface area contributed by atoms with Gasteiger partial charge in [-0.3, -0.25) is 14.9 Å². The molecule has 0 aliphatic heterocycles. The minimum absolute atomic E-state index is 0.104. The summed E-state index contributed by atoms with van der Waals surface area (Å²) in [6.45, 7) is 2.63. The number of anilines is 1. The van der Waals surface area contributed by atoms with E-state index in [1.54, 1.807) is 6.92 Å². The van der Waals surface area contributed by atoms with Crippen molar-refractivity contribution in [2.24, 2.45) is 0 Å². The second kappa shape index (κ2) is 6.92. The summed E-state index contributed by atoms with van der Waals surface area (Å²) in [5.41, 5.74) is 0.529. The largest absolute Gasteiger partial charge is 0.476 e. The molecule has 1 amide bonds. The van der Waals surface area contributed by atoms with Gasteiger partial charge in [-0.25, -0.2) is 4.98 Å². The van der Waals surface area contributed by atoms with E-state index in [-0.39, 0.29) is 16.7 Å². The van der Waals surface area contributed by atoms with Crippen molar-refractivity contribution in [3.8, 4) is 5.75 Å². The molecule has 23 heavy (non-hydrogen) atoms. The maximum Gasteiger partial charge on any atom is 0.406 e. The van der Waals surface area contributed by atoms with Crippen molar-refractivity contribution in [1.29, 1.82) is 0 Å². The van der Waals surface area contributed by atoms with Crippen LogP contribution in [0, 0.1) is 17.0 Å². The molecule has 10 heteroatoms. The Balaban J connectivity index is 2.00. The van der Waals surface area contributed by atoms with E-state index in [1.165, 1.54) is 25.3 Å². The lowest BCUT2D eigenvalue weighted by atomic mass is 10.3.